The van der Waals surface area contributed by atoms with Crippen molar-refractivity contribution < 1.29 is 14.3 Å². The summed E-state index contributed by atoms with van der Waals surface area (Å²) in [5, 5.41) is 2.86. The number of halogens is 1. The summed E-state index contributed by atoms with van der Waals surface area (Å²) in [6.07, 6.45) is -0.443. The van der Waals surface area contributed by atoms with Crippen LogP contribution < -0.4 is 5.32 Å². The van der Waals surface area contributed by atoms with E-state index < -0.39 is 12.1 Å². The topological polar surface area (TPSA) is 55.4 Å². The third-order valence-corrected chi connectivity index (χ3v) is 4.38. The van der Waals surface area contributed by atoms with Gasteiger partial charge in [0.2, 0.25) is 0 Å². The molecular weight excluding hydrogens is 358 g/mol. The molecule has 5 heteroatoms. The number of amides is 1. The largest absolute Gasteiger partial charge is 0.448 e. The van der Waals surface area contributed by atoms with Crippen LogP contribution >= 0.6 is 15.9 Å². The number of carbonyl (C=O) groups excluding carboxylic acids is 2. The monoisotopic (exact) mass is 373 g/mol. The van der Waals surface area contributed by atoms with Crippen LogP contribution in [0.1, 0.15) is 27.0 Å². The minimum Gasteiger partial charge on any atom is -0.448 e. The number of hydrogen-bond donors (Lipinski definition) is 1. The van der Waals surface area contributed by atoms with Crippen LogP contribution in [0.25, 0.3) is 0 Å². The molecule has 0 fully saturated rings. The van der Waals surface area contributed by atoms with Gasteiger partial charge in [-0.3, -0.25) is 4.79 Å². The van der Waals surface area contributed by atoms with E-state index in [0.717, 1.165) is 26.9 Å². The van der Waals surface area contributed by atoms with Crippen molar-refractivity contribution in [3.8, 4) is 0 Å². The van der Waals surface area contributed by atoms with Crippen LogP contribution in [0, 0.1) is 13.8 Å². The number of rotatable bonds is 2. The maximum Gasteiger partial charge on any atom is 0.339 e. The van der Waals surface area contributed by atoms with Gasteiger partial charge in [-0.2, -0.15) is 0 Å². The Labute approximate surface area is 143 Å². The zero-order valence-corrected chi connectivity index (χ0v) is 14.4. The molecule has 0 radical (unpaired) electrons. The Morgan fingerprint density at radius 3 is 2.78 bits per heavy atom. The molecule has 0 aliphatic carbocycles. The third kappa shape index (κ3) is 3.29. The standard InChI is InChI=1S/C18H16BrNO3/c1-10-3-4-11(2)15(7-10)20-17(21)16-9-12-8-13(19)5-6-14(12)18(22)23-16/h3-8,16H,9H2,1-2H3,(H,20,21). The molecule has 1 aliphatic rings. The average molecular weight is 374 g/mol. The molecular formula is C18H16BrNO3. The molecule has 1 aliphatic heterocycles. The highest BCUT2D eigenvalue weighted by Crippen LogP contribution is 2.25. The molecule has 0 bridgehead atoms. The third-order valence-electron chi connectivity index (χ3n) is 3.89. The van der Waals surface area contributed by atoms with E-state index >= 15 is 0 Å². The van der Waals surface area contributed by atoms with E-state index in [1.165, 1.54) is 0 Å². The fourth-order valence-electron chi connectivity index (χ4n) is 2.59. The van der Waals surface area contributed by atoms with Crippen LogP contribution in [0.3, 0.4) is 0 Å². The van der Waals surface area contributed by atoms with Gasteiger partial charge in [-0.05, 0) is 54.8 Å². The lowest BCUT2D eigenvalue weighted by atomic mass is 9.98. The van der Waals surface area contributed by atoms with Gasteiger partial charge in [0.1, 0.15) is 0 Å². The van der Waals surface area contributed by atoms with Crippen LogP contribution in [-0.4, -0.2) is 18.0 Å². The normalized spacial score (nSPS) is 16.5. The molecule has 1 atom stereocenters. The van der Waals surface area contributed by atoms with Gasteiger partial charge < -0.3 is 10.1 Å². The van der Waals surface area contributed by atoms with Gasteiger partial charge in [-0.25, -0.2) is 4.79 Å². The van der Waals surface area contributed by atoms with E-state index in [9.17, 15) is 9.59 Å². The van der Waals surface area contributed by atoms with Crippen LogP contribution in [0.5, 0.6) is 0 Å². The summed E-state index contributed by atoms with van der Waals surface area (Å²) < 4.78 is 6.17. The van der Waals surface area contributed by atoms with E-state index in [-0.39, 0.29) is 5.91 Å². The van der Waals surface area contributed by atoms with E-state index in [1.807, 2.05) is 38.1 Å². The van der Waals surface area contributed by atoms with Crippen molar-refractivity contribution in [2.45, 2.75) is 26.4 Å². The van der Waals surface area contributed by atoms with E-state index in [4.69, 9.17) is 4.74 Å². The number of esters is 1. The van der Waals surface area contributed by atoms with Gasteiger partial charge in [0.25, 0.3) is 5.91 Å². The van der Waals surface area contributed by atoms with Gasteiger partial charge in [-0.1, -0.05) is 28.1 Å². The Hall–Kier alpha value is -2.14. The molecule has 0 saturated heterocycles. The van der Waals surface area contributed by atoms with Crippen LogP contribution in [0.15, 0.2) is 40.9 Å². The van der Waals surface area contributed by atoms with Gasteiger partial charge in [0, 0.05) is 16.6 Å². The van der Waals surface area contributed by atoms with E-state index in [0.29, 0.717) is 12.0 Å². The van der Waals surface area contributed by atoms with Crippen molar-refractivity contribution in [2.24, 2.45) is 0 Å². The number of fused-ring (bicyclic) bond motifs is 1. The molecule has 4 nitrogen and oxygen atoms in total. The molecule has 0 aromatic heterocycles. The highest BCUT2D eigenvalue weighted by atomic mass is 79.9. The summed E-state index contributed by atoms with van der Waals surface area (Å²) in [5.74, 6) is -0.766. The first-order chi connectivity index (χ1) is 10.9. The number of hydrogen-bond acceptors (Lipinski definition) is 3. The molecule has 1 amide bonds. The van der Waals surface area contributed by atoms with Crippen molar-refractivity contribution in [3.63, 3.8) is 0 Å². The zero-order chi connectivity index (χ0) is 16.6. The summed E-state index contributed by atoms with van der Waals surface area (Å²) >= 11 is 3.39. The van der Waals surface area contributed by atoms with Crippen LogP contribution in [-0.2, 0) is 16.0 Å². The van der Waals surface area contributed by atoms with Crippen LogP contribution in [0.4, 0.5) is 5.69 Å². The van der Waals surface area contributed by atoms with E-state index in [1.54, 1.807) is 12.1 Å². The maximum atomic E-state index is 12.5. The summed E-state index contributed by atoms with van der Waals surface area (Å²) in [4.78, 5) is 24.5. The number of anilines is 1. The second-order valence-corrected chi connectivity index (χ2v) is 6.62. The first-order valence-electron chi connectivity index (χ1n) is 7.31. The smallest absolute Gasteiger partial charge is 0.339 e. The van der Waals surface area contributed by atoms with Gasteiger partial charge in [-0.15, -0.1) is 0 Å². The van der Waals surface area contributed by atoms with Gasteiger partial charge >= 0.3 is 5.97 Å². The van der Waals surface area contributed by atoms with E-state index in [2.05, 4.69) is 21.2 Å². The number of cyclic esters (lactones) is 1. The summed E-state index contributed by atoms with van der Waals surface area (Å²) in [7, 11) is 0. The van der Waals surface area contributed by atoms with Crippen molar-refractivity contribution in [1.82, 2.24) is 0 Å². The van der Waals surface area contributed by atoms with Crippen LogP contribution in [0.2, 0.25) is 0 Å². The molecule has 23 heavy (non-hydrogen) atoms. The fourth-order valence-corrected chi connectivity index (χ4v) is 3.00. The summed E-state index contributed by atoms with van der Waals surface area (Å²) in [6, 6.07) is 11.2. The quantitative estimate of drug-likeness (QED) is 0.814. The highest BCUT2D eigenvalue weighted by molar-refractivity contribution is 9.10. The Bertz CT molecular complexity index is 801. The molecule has 0 saturated carbocycles. The Kier molecular flexibility index (Phi) is 4.22. The SMILES string of the molecule is Cc1ccc(C)c(NC(=O)C2Cc3cc(Br)ccc3C(=O)O2)c1. The first kappa shape index (κ1) is 15.7. The second kappa shape index (κ2) is 6.16. The molecule has 1 unspecified atom stereocenters. The predicted molar refractivity (Wildman–Crippen MR) is 91.6 cm³/mol. The zero-order valence-electron chi connectivity index (χ0n) is 12.9. The van der Waals surface area contributed by atoms with Gasteiger partial charge in [0.05, 0.1) is 5.56 Å². The van der Waals surface area contributed by atoms with Crippen molar-refractivity contribution in [2.75, 3.05) is 5.32 Å². The highest BCUT2D eigenvalue weighted by Gasteiger charge is 2.31. The molecule has 0 spiro atoms. The molecule has 3 rings (SSSR count). The summed E-state index contributed by atoms with van der Waals surface area (Å²) in [5.41, 5.74) is 4.10. The maximum absolute atomic E-state index is 12.5. The summed E-state index contributed by atoms with van der Waals surface area (Å²) in [6.45, 7) is 3.89. The molecule has 1 heterocycles. The molecule has 118 valence electrons. The lowest BCUT2D eigenvalue weighted by molar-refractivity contribution is -0.125. The second-order valence-electron chi connectivity index (χ2n) is 5.71. The molecule has 2 aromatic carbocycles. The minimum absolute atomic E-state index is 0.308. The minimum atomic E-state index is -0.816. The lowest BCUT2D eigenvalue weighted by Gasteiger charge is -2.24. The number of benzene rings is 2. The van der Waals surface area contributed by atoms with Gasteiger partial charge in [0.15, 0.2) is 6.10 Å². The molecule has 2 aromatic rings. The number of carbonyl (C=O) groups is 2. The first-order valence-corrected chi connectivity index (χ1v) is 8.11. The number of nitrogens with one attached hydrogen (secondary N) is 1. The number of ether oxygens (including phenoxy) is 1. The predicted octanol–water partition coefficient (Wildman–Crippen LogP) is 3.79. The Morgan fingerprint density at radius 2 is 2.00 bits per heavy atom. The number of aryl methyl sites for hydroxylation is 2. The van der Waals surface area contributed by atoms with Crippen molar-refractivity contribution >= 4 is 33.5 Å². The molecule has 1 N–H and O–H groups in total. The Morgan fingerprint density at radius 1 is 1.22 bits per heavy atom. The average Bonchev–Trinajstić information content (AvgIpc) is 2.50. The fraction of sp³-hybridized carbons (Fsp3) is 0.222. The van der Waals surface area contributed by atoms with Crippen molar-refractivity contribution in [1.29, 1.82) is 0 Å². The lowest BCUT2D eigenvalue weighted by Crippen LogP contribution is -2.38. The van der Waals surface area contributed by atoms with Crippen molar-refractivity contribution in [3.05, 3.63) is 63.1 Å². The Balaban J connectivity index is 1.81.